The van der Waals surface area contributed by atoms with Gasteiger partial charge in [-0.15, -0.1) is 0 Å². The Hall–Kier alpha value is -1.18. The summed E-state index contributed by atoms with van der Waals surface area (Å²) in [5.74, 6) is -7.56. The second kappa shape index (κ2) is 3.52. The third kappa shape index (κ3) is 2.00. The first kappa shape index (κ1) is 10.9. The molecule has 1 aliphatic rings. The highest BCUT2D eigenvalue weighted by Crippen LogP contribution is 2.26. The van der Waals surface area contributed by atoms with Gasteiger partial charge in [0, 0.05) is 6.54 Å². The minimum absolute atomic E-state index is 0.161. The van der Waals surface area contributed by atoms with E-state index >= 15 is 0 Å². The Balaban J connectivity index is 2.77. The second-order valence-electron chi connectivity index (χ2n) is 3.27. The molecule has 0 saturated carbocycles. The van der Waals surface area contributed by atoms with Gasteiger partial charge in [-0.1, -0.05) is 0 Å². The lowest BCUT2D eigenvalue weighted by molar-refractivity contribution is -0.242. The summed E-state index contributed by atoms with van der Waals surface area (Å²) in [7, 11) is 0. The van der Waals surface area contributed by atoms with Gasteiger partial charge in [0.1, 0.15) is 5.92 Å². The van der Waals surface area contributed by atoms with Crippen molar-refractivity contribution in [1.29, 1.82) is 0 Å². The molecule has 80 valence electrons. The molecule has 0 spiro atoms. The smallest absolute Gasteiger partial charge is 0.313 e. The molecule has 14 heavy (non-hydrogen) atoms. The fourth-order valence-electron chi connectivity index (χ4n) is 1.39. The fourth-order valence-corrected chi connectivity index (χ4v) is 1.39. The zero-order valence-electron chi connectivity index (χ0n) is 7.17. The van der Waals surface area contributed by atoms with Gasteiger partial charge < -0.3 is 20.4 Å². The molecule has 5 N–H and O–H groups in total. The van der Waals surface area contributed by atoms with Gasteiger partial charge in [-0.2, -0.15) is 0 Å². The molecular weight excluding hydrogens is 194 g/mol. The average molecular weight is 205 g/mol. The Morgan fingerprint density at radius 1 is 1.21 bits per heavy atom. The summed E-state index contributed by atoms with van der Waals surface area (Å²) in [5.41, 5.74) is 0. The van der Waals surface area contributed by atoms with Crippen LogP contribution in [0.4, 0.5) is 0 Å². The van der Waals surface area contributed by atoms with Crippen LogP contribution in [0.3, 0.4) is 0 Å². The van der Waals surface area contributed by atoms with Crippen LogP contribution in [-0.4, -0.2) is 44.8 Å². The summed E-state index contributed by atoms with van der Waals surface area (Å²) < 4.78 is 0. The molecule has 7 heteroatoms. The SMILES string of the molecule is O=C(O)C1CNC(O)(O)C(C(=O)O)C1. The summed E-state index contributed by atoms with van der Waals surface area (Å²) in [6.45, 7) is -0.161. The van der Waals surface area contributed by atoms with Gasteiger partial charge in [0.15, 0.2) is 0 Å². The minimum Gasteiger partial charge on any atom is -0.481 e. The van der Waals surface area contributed by atoms with Crippen LogP contribution in [0.2, 0.25) is 0 Å². The maximum Gasteiger partial charge on any atom is 0.313 e. The van der Waals surface area contributed by atoms with E-state index in [-0.39, 0.29) is 13.0 Å². The molecule has 0 radical (unpaired) electrons. The number of carboxylic acids is 2. The maximum absolute atomic E-state index is 10.6. The normalized spacial score (nSPS) is 31.0. The Labute approximate surface area is 79.0 Å². The number of aliphatic carboxylic acids is 2. The van der Waals surface area contributed by atoms with Gasteiger partial charge in [-0.3, -0.25) is 14.9 Å². The van der Waals surface area contributed by atoms with E-state index in [1.54, 1.807) is 0 Å². The lowest BCUT2D eigenvalue weighted by Gasteiger charge is -2.36. The lowest BCUT2D eigenvalue weighted by Crippen LogP contribution is -2.60. The molecule has 1 aliphatic heterocycles. The van der Waals surface area contributed by atoms with Gasteiger partial charge >= 0.3 is 11.9 Å². The summed E-state index contributed by atoms with van der Waals surface area (Å²) >= 11 is 0. The molecule has 0 amide bonds. The van der Waals surface area contributed by atoms with Gasteiger partial charge in [-0.05, 0) is 6.42 Å². The van der Waals surface area contributed by atoms with Crippen LogP contribution in [0.15, 0.2) is 0 Å². The van der Waals surface area contributed by atoms with Crippen molar-refractivity contribution in [1.82, 2.24) is 5.32 Å². The van der Waals surface area contributed by atoms with Crippen LogP contribution < -0.4 is 5.32 Å². The van der Waals surface area contributed by atoms with E-state index in [9.17, 15) is 19.8 Å². The summed E-state index contributed by atoms with van der Waals surface area (Å²) in [6.07, 6.45) is -0.301. The number of carbonyl (C=O) groups is 2. The number of piperidine rings is 1. The Morgan fingerprint density at radius 2 is 1.79 bits per heavy atom. The minimum atomic E-state index is -2.53. The molecule has 7 nitrogen and oxygen atoms in total. The van der Waals surface area contributed by atoms with E-state index < -0.39 is 29.7 Å². The first-order chi connectivity index (χ1) is 6.34. The maximum atomic E-state index is 10.6. The Bertz CT molecular complexity index is 263. The molecular formula is C7H11NO6. The molecule has 2 unspecified atom stereocenters. The number of hydrogen-bond acceptors (Lipinski definition) is 5. The van der Waals surface area contributed by atoms with Crippen LogP contribution in [0, 0.1) is 11.8 Å². The predicted octanol–water partition coefficient (Wildman–Crippen LogP) is -1.98. The molecule has 1 saturated heterocycles. The van der Waals surface area contributed by atoms with Crippen molar-refractivity contribution in [3.8, 4) is 0 Å². The van der Waals surface area contributed by atoms with Crippen molar-refractivity contribution in [2.24, 2.45) is 11.8 Å². The van der Waals surface area contributed by atoms with Crippen molar-refractivity contribution in [3.05, 3.63) is 0 Å². The number of nitrogens with one attached hydrogen (secondary N) is 1. The molecule has 0 aromatic rings. The second-order valence-corrected chi connectivity index (χ2v) is 3.27. The van der Waals surface area contributed by atoms with Crippen molar-refractivity contribution in [2.45, 2.75) is 12.3 Å². The molecule has 2 atom stereocenters. The number of aliphatic hydroxyl groups is 2. The summed E-state index contributed by atoms with van der Waals surface area (Å²) in [6, 6.07) is 0. The largest absolute Gasteiger partial charge is 0.481 e. The van der Waals surface area contributed by atoms with E-state index in [1.807, 2.05) is 0 Å². The van der Waals surface area contributed by atoms with Crippen LogP contribution in [0.5, 0.6) is 0 Å². The van der Waals surface area contributed by atoms with Gasteiger partial charge in [0.05, 0.1) is 5.92 Å². The van der Waals surface area contributed by atoms with Crippen molar-refractivity contribution < 1.29 is 30.0 Å². The molecule has 1 rings (SSSR count). The monoisotopic (exact) mass is 205 g/mol. The van der Waals surface area contributed by atoms with Gasteiger partial charge in [0.2, 0.25) is 5.91 Å². The number of hydrogen-bond donors (Lipinski definition) is 5. The third-order valence-electron chi connectivity index (χ3n) is 2.26. The van der Waals surface area contributed by atoms with E-state index in [1.165, 1.54) is 0 Å². The average Bonchev–Trinajstić information content (AvgIpc) is 2.02. The first-order valence-corrected chi connectivity index (χ1v) is 4.00. The van der Waals surface area contributed by atoms with Crippen molar-refractivity contribution in [2.75, 3.05) is 6.54 Å². The lowest BCUT2D eigenvalue weighted by atomic mass is 9.87. The summed E-state index contributed by atoms with van der Waals surface area (Å²) in [4.78, 5) is 21.1. The van der Waals surface area contributed by atoms with Crippen LogP contribution >= 0.6 is 0 Å². The van der Waals surface area contributed by atoms with Crippen LogP contribution in [-0.2, 0) is 9.59 Å². The highest BCUT2D eigenvalue weighted by atomic mass is 16.5. The first-order valence-electron chi connectivity index (χ1n) is 4.00. The number of rotatable bonds is 2. The number of carboxylic acid groups (broad SMARTS) is 2. The van der Waals surface area contributed by atoms with E-state index in [2.05, 4.69) is 5.32 Å². The fraction of sp³-hybridized carbons (Fsp3) is 0.714. The quantitative estimate of drug-likeness (QED) is 0.330. The topological polar surface area (TPSA) is 127 Å². The van der Waals surface area contributed by atoms with Gasteiger partial charge in [-0.25, -0.2) is 0 Å². The van der Waals surface area contributed by atoms with Crippen LogP contribution in [0.25, 0.3) is 0 Å². The van der Waals surface area contributed by atoms with Crippen molar-refractivity contribution >= 4 is 11.9 Å². The molecule has 1 fully saturated rings. The van der Waals surface area contributed by atoms with Gasteiger partial charge in [0.25, 0.3) is 0 Å². The standard InChI is InChI=1S/C7H11NO6/c9-5(10)3-1-4(6(11)12)7(13,14)8-2-3/h3-4,8,13-14H,1-2H2,(H,9,10)(H,11,12). The molecule has 0 aliphatic carbocycles. The molecule has 1 heterocycles. The van der Waals surface area contributed by atoms with E-state index in [4.69, 9.17) is 10.2 Å². The highest BCUT2D eigenvalue weighted by Gasteiger charge is 2.46. The zero-order valence-corrected chi connectivity index (χ0v) is 7.17. The highest BCUT2D eigenvalue weighted by molar-refractivity contribution is 5.75. The van der Waals surface area contributed by atoms with Crippen LogP contribution in [0.1, 0.15) is 6.42 Å². The third-order valence-corrected chi connectivity index (χ3v) is 2.26. The molecule has 0 bridgehead atoms. The molecule has 0 aromatic carbocycles. The van der Waals surface area contributed by atoms with Crippen molar-refractivity contribution in [3.63, 3.8) is 0 Å². The Kier molecular flexibility index (Phi) is 2.74. The predicted molar refractivity (Wildman–Crippen MR) is 42.0 cm³/mol. The zero-order chi connectivity index (χ0) is 10.9. The molecule has 0 aromatic heterocycles. The van der Waals surface area contributed by atoms with E-state index in [0.29, 0.717) is 0 Å². The summed E-state index contributed by atoms with van der Waals surface area (Å²) in [5, 5.41) is 37.7. The Morgan fingerprint density at radius 3 is 2.21 bits per heavy atom. The van der Waals surface area contributed by atoms with E-state index in [0.717, 1.165) is 0 Å².